The first-order chi connectivity index (χ1) is 9.79. The number of ether oxygens (including phenoxy) is 1. The third kappa shape index (κ3) is 2.42. The average molecular weight is 287 g/mol. The Bertz CT molecular complexity index is 722. The maximum Gasteiger partial charge on any atom is 0.141 e. The normalized spacial score (nSPS) is 11.1. The van der Waals surface area contributed by atoms with Crippen molar-refractivity contribution in [3.63, 3.8) is 0 Å². The van der Waals surface area contributed by atoms with Crippen molar-refractivity contribution < 1.29 is 4.74 Å². The van der Waals surface area contributed by atoms with Crippen LogP contribution < -0.4 is 0 Å². The van der Waals surface area contributed by atoms with Gasteiger partial charge >= 0.3 is 0 Å². The van der Waals surface area contributed by atoms with Gasteiger partial charge in [0.1, 0.15) is 5.82 Å². The first-order valence-corrected chi connectivity index (χ1v) is 6.87. The Morgan fingerprint density at radius 3 is 2.70 bits per heavy atom. The number of imidazole rings is 1. The van der Waals surface area contributed by atoms with E-state index in [0.717, 1.165) is 34.0 Å². The molecule has 0 aliphatic carbocycles. The predicted octanol–water partition coefficient (Wildman–Crippen LogP) is 4.00. The van der Waals surface area contributed by atoms with Gasteiger partial charge in [0.15, 0.2) is 0 Å². The average Bonchev–Trinajstić information content (AvgIpc) is 2.84. The van der Waals surface area contributed by atoms with Crippen LogP contribution in [0.1, 0.15) is 0 Å². The Balaban J connectivity index is 2.19. The second-order valence-electron chi connectivity index (χ2n) is 4.58. The van der Waals surface area contributed by atoms with Gasteiger partial charge in [-0.05, 0) is 18.2 Å². The minimum atomic E-state index is 0.637. The van der Waals surface area contributed by atoms with E-state index in [1.165, 1.54) is 0 Å². The summed E-state index contributed by atoms with van der Waals surface area (Å²) in [6.07, 6.45) is 0. The van der Waals surface area contributed by atoms with Crippen molar-refractivity contribution >= 4 is 22.6 Å². The molecule has 0 bridgehead atoms. The van der Waals surface area contributed by atoms with Gasteiger partial charge < -0.3 is 9.30 Å². The van der Waals surface area contributed by atoms with Crippen molar-refractivity contribution in [3.8, 4) is 11.4 Å². The summed E-state index contributed by atoms with van der Waals surface area (Å²) in [5.74, 6) is 0.944. The number of nitrogens with zero attached hydrogens (tertiary/aromatic N) is 2. The molecule has 4 heteroatoms. The maximum absolute atomic E-state index is 6.11. The summed E-state index contributed by atoms with van der Waals surface area (Å²) in [5.41, 5.74) is 3.08. The van der Waals surface area contributed by atoms with Gasteiger partial charge in [0.2, 0.25) is 0 Å². The Hall–Kier alpha value is -1.84. The zero-order valence-electron chi connectivity index (χ0n) is 11.2. The lowest BCUT2D eigenvalue weighted by atomic mass is 10.2. The number of aromatic nitrogens is 2. The van der Waals surface area contributed by atoms with E-state index in [4.69, 9.17) is 21.3 Å². The molecule has 0 N–H and O–H groups in total. The van der Waals surface area contributed by atoms with Gasteiger partial charge in [-0.3, -0.25) is 0 Å². The number of benzene rings is 2. The van der Waals surface area contributed by atoms with Crippen molar-refractivity contribution in [2.24, 2.45) is 0 Å². The van der Waals surface area contributed by atoms with Crippen LogP contribution in [0.3, 0.4) is 0 Å². The number of rotatable bonds is 4. The van der Waals surface area contributed by atoms with Gasteiger partial charge in [-0.1, -0.05) is 41.9 Å². The smallest absolute Gasteiger partial charge is 0.141 e. The largest absolute Gasteiger partial charge is 0.383 e. The third-order valence-corrected chi connectivity index (χ3v) is 3.50. The molecule has 1 aromatic heterocycles. The lowest BCUT2D eigenvalue weighted by Gasteiger charge is -2.08. The van der Waals surface area contributed by atoms with E-state index in [1.54, 1.807) is 7.11 Å². The topological polar surface area (TPSA) is 27.1 Å². The van der Waals surface area contributed by atoms with Crippen LogP contribution in [0.15, 0.2) is 48.5 Å². The Morgan fingerprint density at radius 1 is 1.15 bits per heavy atom. The van der Waals surface area contributed by atoms with E-state index in [-0.39, 0.29) is 0 Å². The lowest BCUT2D eigenvalue weighted by Crippen LogP contribution is -2.05. The first-order valence-electron chi connectivity index (χ1n) is 6.50. The number of methoxy groups -OCH3 is 1. The number of halogens is 1. The third-order valence-electron chi connectivity index (χ3n) is 3.26. The molecule has 0 atom stereocenters. The van der Waals surface area contributed by atoms with Gasteiger partial charge in [-0.2, -0.15) is 0 Å². The summed E-state index contributed by atoms with van der Waals surface area (Å²) in [6.45, 7) is 1.38. The van der Waals surface area contributed by atoms with E-state index >= 15 is 0 Å². The fraction of sp³-hybridized carbons (Fsp3) is 0.188. The first kappa shape index (κ1) is 13.2. The minimum absolute atomic E-state index is 0.637. The van der Waals surface area contributed by atoms with E-state index in [1.807, 2.05) is 36.4 Å². The molecule has 102 valence electrons. The molecule has 20 heavy (non-hydrogen) atoms. The molecule has 2 aromatic carbocycles. The molecule has 1 heterocycles. The van der Waals surface area contributed by atoms with E-state index in [0.29, 0.717) is 6.61 Å². The Kier molecular flexibility index (Phi) is 3.72. The van der Waals surface area contributed by atoms with Gasteiger partial charge in [0, 0.05) is 24.2 Å². The molecule has 0 aliphatic rings. The Labute approximate surface area is 122 Å². The molecular weight excluding hydrogens is 272 g/mol. The molecule has 3 nitrogen and oxygen atoms in total. The summed E-state index contributed by atoms with van der Waals surface area (Å²) in [6, 6.07) is 15.9. The van der Waals surface area contributed by atoms with Crippen LogP contribution in [0.2, 0.25) is 5.02 Å². The fourth-order valence-electron chi connectivity index (χ4n) is 2.31. The van der Waals surface area contributed by atoms with E-state index < -0.39 is 0 Å². The highest BCUT2D eigenvalue weighted by atomic mass is 35.5. The predicted molar refractivity (Wildman–Crippen MR) is 82.1 cm³/mol. The van der Waals surface area contributed by atoms with Crippen molar-refractivity contribution in [1.82, 2.24) is 9.55 Å². The van der Waals surface area contributed by atoms with Crippen LogP contribution in [-0.2, 0) is 11.3 Å². The van der Waals surface area contributed by atoms with E-state index in [9.17, 15) is 0 Å². The second-order valence-corrected chi connectivity index (χ2v) is 5.02. The number of fused-ring (bicyclic) bond motifs is 1. The van der Waals surface area contributed by atoms with Crippen molar-refractivity contribution in [2.75, 3.05) is 13.7 Å². The van der Waals surface area contributed by atoms with Crippen LogP contribution >= 0.6 is 11.6 Å². The minimum Gasteiger partial charge on any atom is -0.383 e. The van der Waals surface area contributed by atoms with Crippen molar-refractivity contribution in [1.29, 1.82) is 0 Å². The van der Waals surface area contributed by atoms with Crippen LogP contribution in [0.5, 0.6) is 0 Å². The fourth-order valence-corrected chi connectivity index (χ4v) is 2.48. The number of hydrogen-bond acceptors (Lipinski definition) is 2. The molecule has 3 aromatic rings. The summed E-state index contributed by atoms with van der Waals surface area (Å²) in [5, 5.41) is 0.718. The zero-order valence-corrected chi connectivity index (χ0v) is 12.0. The highest BCUT2D eigenvalue weighted by Crippen LogP contribution is 2.26. The molecule has 3 rings (SSSR count). The molecule has 0 amide bonds. The summed E-state index contributed by atoms with van der Waals surface area (Å²) in [7, 11) is 1.70. The van der Waals surface area contributed by atoms with E-state index in [2.05, 4.69) is 16.7 Å². The molecular formula is C16H15ClN2O. The maximum atomic E-state index is 6.11. The molecule has 0 unspecified atom stereocenters. The van der Waals surface area contributed by atoms with Crippen LogP contribution in [0.25, 0.3) is 22.4 Å². The second kappa shape index (κ2) is 5.65. The zero-order chi connectivity index (χ0) is 13.9. The highest BCUT2D eigenvalue weighted by Gasteiger charge is 2.12. The van der Waals surface area contributed by atoms with Crippen LogP contribution in [-0.4, -0.2) is 23.3 Å². The Morgan fingerprint density at radius 2 is 1.95 bits per heavy atom. The standard InChI is InChI=1S/C16H15ClN2O/c1-20-10-9-19-15-11-13(17)7-8-14(15)18-16(19)12-5-3-2-4-6-12/h2-8,11H,9-10H2,1H3. The van der Waals surface area contributed by atoms with Gasteiger partial charge in [-0.25, -0.2) is 4.98 Å². The molecule has 0 saturated heterocycles. The molecule has 0 radical (unpaired) electrons. The van der Waals surface area contributed by atoms with Crippen LogP contribution in [0, 0.1) is 0 Å². The van der Waals surface area contributed by atoms with Gasteiger partial charge in [0.25, 0.3) is 0 Å². The number of hydrogen-bond donors (Lipinski definition) is 0. The van der Waals surface area contributed by atoms with Gasteiger partial charge in [-0.15, -0.1) is 0 Å². The monoisotopic (exact) mass is 286 g/mol. The summed E-state index contributed by atoms with van der Waals surface area (Å²) >= 11 is 6.11. The summed E-state index contributed by atoms with van der Waals surface area (Å²) in [4.78, 5) is 4.73. The van der Waals surface area contributed by atoms with Crippen molar-refractivity contribution in [2.45, 2.75) is 6.54 Å². The molecule has 0 spiro atoms. The van der Waals surface area contributed by atoms with Gasteiger partial charge in [0.05, 0.1) is 17.6 Å². The molecule has 0 aliphatic heterocycles. The van der Waals surface area contributed by atoms with Crippen LogP contribution in [0.4, 0.5) is 0 Å². The summed E-state index contributed by atoms with van der Waals surface area (Å²) < 4.78 is 7.36. The molecule has 0 fully saturated rings. The van der Waals surface area contributed by atoms with Crippen molar-refractivity contribution in [3.05, 3.63) is 53.6 Å². The quantitative estimate of drug-likeness (QED) is 0.725. The molecule has 0 saturated carbocycles. The SMILES string of the molecule is COCCn1c(-c2ccccc2)nc2ccc(Cl)cc21. The lowest BCUT2D eigenvalue weighted by molar-refractivity contribution is 0.188. The highest BCUT2D eigenvalue weighted by molar-refractivity contribution is 6.31.